The Kier molecular flexibility index (Phi) is 4.93. The van der Waals surface area contributed by atoms with Gasteiger partial charge in [0.15, 0.2) is 0 Å². The Bertz CT molecular complexity index is 687. The van der Waals surface area contributed by atoms with E-state index in [2.05, 4.69) is 9.97 Å². The molecule has 1 amide bonds. The number of hydrogen-bond donors (Lipinski definition) is 2. The van der Waals surface area contributed by atoms with Crippen molar-refractivity contribution in [2.24, 2.45) is 0 Å². The Hall–Kier alpha value is -2.10. The summed E-state index contributed by atoms with van der Waals surface area (Å²) in [5.74, 6) is -0.350. The molecular formula is C13H17F3N4O3. The van der Waals surface area contributed by atoms with Crippen molar-refractivity contribution in [1.82, 2.24) is 19.8 Å². The van der Waals surface area contributed by atoms with E-state index in [0.29, 0.717) is 5.69 Å². The summed E-state index contributed by atoms with van der Waals surface area (Å²) in [4.78, 5) is 42.1. The van der Waals surface area contributed by atoms with Crippen molar-refractivity contribution >= 4 is 5.91 Å². The molecule has 0 saturated carbocycles. The van der Waals surface area contributed by atoms with E-state index >= 15 is 0 Å². The summed E-state index contributed by atoms with van der Waals surface area (Å²) in [5, 5.41) is 0. The number of aryl methyl sites for hydroxylation is 1. The summed E-state index contributed by atoms with van der Waals surface area (Å²) in [6.07, 6.45) is -4.45. The fourth-order valence-electron chi connectivity index (χ4n) is 2.51. The lowest BCUT2D eigenvalue weighted by Crippen LogP contribution is -2.51. The summed E-state index contributed by atoms with van der Waals surface area (Å²) in [6.45, 7) is 1.14. The molecule has 2 rings (SSSR count). The van der Waals surface area contributed by atoms with Gasteiger partial charge >= 0.3 is 11.9 Å². The number of rotatable bonds is 3. The highest BCUT2D eigenvalue weighted by molar-refractivity contribution is 5.79. The van der Waals surface area contributed by atoms with Gasteiger partial charge in [0.25, 0.3) is 5.56 Å². The highest BCUT2D eigenvalue weighted by Crippen LogP contribution is 2.17. The van der Waals surface area contributed by atoms with E-state index in [-0.39, 0.29) is 44.1 Å². The number of nitrogens with one attached hydrogen (secondary N) is 2. The maximum atomic E-state index is 12.3. The second-order valence-electron chi connectivity index (χ2n) is 5.46. The van der Waals surface area contributed by atoms with E-state index in [0.717, 1.165) is 0 Å². The van der Waals surface area contributed by atoms with Crippen LogP contribution in [-0.2, 0) is 11.2 Å². The van der Waals surface area contributed by atoms with Crippen LogP contribution in [0.1, 0.15) is 11.3 Å². The highest BCUT2D eigenvalue weighted by atomic mass is 19.4. The van der Waals surface area contributed by atoms with Gasteiger partial charge in [0.1, 0.15) is 0 Å². The maximum Gasteiger partial charge on any atom is 0.401 e. The van der Waals surface area contributed by atoms with Gasteiger partial charge in [-0.2, -0.15) is 13.2 Å². The van der Waals surface area contributed by atoms with Crippen LogP contribution >= 0.6 is 0 Å². The Morgan fingerprint density at radius 1 is 1.13 bits per heavy atom. The van der Waals surface area contributed by atoms with Crippen LogP contribution < -0.4 is 11.2 Å². The number of carbonyl (C=O) groups is 1. The SMILES string of the molecule is Cc1[nH]c(=O)[nH]c(=O)c1CC(=O)N1CCN(CC(F)(F)F)CC1. The van der Waals surface area contributed by atoms with Crippen molar-refractivity contribution in [1.29, 1.82) is 0 Å². The zero-order valence-corrected chi connectivity index (χ0v) is 12.5. The molecule has 0 aliphatic carbocycles. The van der Waals surface area contributed by atoms with Gasteiger partial charge < -0.3 is 9.88 Å². The molecule has 2 N–H and O–H groups in total. The number of carbonyl (C=O) groups excluding carboxylic acids is 1. The van der Waals surface area contributed by atoms with E-state index in [4.69, 9.17) is 0 Å². The first-order chi connectivity index (χ1) is 10.7. The minimum absolute atomic E-state index is 0.131. The van der Waals surface area contributed by atoms with Crippen LogP contribution in [0.3, 0.4) is 0 Å². The Labute approximate surface area is 129 Å². The van der Waals surface area contributed by atoms with Crippen LogP contribution in [0.2, 0.25) is 0 Å². The molecule has 10 heteroatoms. The quantitative estimate of drug-likeness (QED) is 0.789. The van der Waals surface area contributed by atoms with E-state index < -0.39 is 24.0 Å². The second kappa shape index (κ2) is 6.57. The normalized spacial score (nSPS) is 16.6. The molecule has 1 aromatic rings. The standard InChI is InChI=1S/C13H17F3N4O3/c1-8-9(11(22)18-12(23)17-8)6-10(21)20-4-2-19(3-5-20)7-13(14,15)16/h2-7H2,1H3,(H2,17,18,22,23). The predicted molar refractivity (Wildman–Crippen MR) is 75.2 cm³/mol. The van der Waals surface area contributed by atoms with Crippen molar-refractivity contribution in [2.45, 2.75) is 19.5 Å². The molecule has 0 atom stereocenters. The number of H-pyrrole nitrogens is 2. The average Bonchev–Trinajstić information content (AvgIpc) is 2.41. The molecule has 1 aliphatic rings. The van der Waals surface area contributed by atoms with Crippen molar-refractivity contribution < 1.29 is 18.0 Å². The molecule has 23 heavy (non-hydrogen) atoms. The van der Waals surface area contributed by atoms with Crippen LogP contribution in [0.15, 0.2) is 9.59 Å². The molecule has 0 aromatic carbocycles. The van der Waals surface area contributed by atoms with Crippen LogP contribution in [0.25, 0.3) is 0 Å². The zero-order chi connectivity index (χ0) is 17.2. The topological polar surface area (TPSA) is 89.3 Å². The van der Waals surface area contributed by atoms with Gasteiger partial charge in [-0.1, -0.05) is 0 Å². The molecular weight excluding hydrogens is 317 g/mol. The molecule has 7 nitrogen and oxygen atoms in total. The van der Waals surface area contributed by atoms with Gasteiger partial charge in [-0.3, -0.25) is 19.5 Å². The maximum absolute atomic E-state index is 12.3. The van der Waals surface area contributed by atoms with Crippen LogP contribution in [0.5, 0.6) is 0 Å². The van der Waals surface area contributed by atoms with Gasteiger partial charge in [0.05, 0.1) is 13.0 Å². The lowest BCUT2D eigenvalue weighted by Gasteiger charge is -2.35. The number of amides is 1. The van der Waals surface area contributed by atoms with E-state index in [1.165, 1.54) is 16.7 Å². The van der Waals surface area contributed by atoms with Crippen molar-refractivity contribution in [3.8, 4) is 0 Å². The molecule has 0 spiro atoms. The van der Waals surface area contributed by atoms with E-state index in [1.807, 2.05) is 0 Å². The van der Waals surface area contributed by atoms with E-state index in [9.17, 15) is 27.6 Å². The summed E-state index contributed by atoms with van der Waals surface area (Å²) in [6, 6.07) is 0. The number of nitrogens with zero attached hydrogens (tertiary/aromatic N) is 2. The number of hydrogen-bond acceptors (Lipinski definition) is 4. The number of piperazine rings is 1. The van der Waals surface area contributed by atoms with E-state index in [1.54, 1.807) is 0 Å². The minimum atomic E-state index is -4.26. The molecule has 128 valence electrons. The van der Waals surface area contributed by atoms with Crippen LogP contribution in [0, 0.1) is 6.92 Å². The molecule has 0 unspecified atom stereocenters. The zero-order valence-electron chi connectivity index (χ0n) is 12.5. The fraction of sp³-hybridized carbons (Fsp3) is 0.615. The lowest BCUT2D eigenvalue weighted by atomic mass is 10.1. The summed E-state index contributed by atoms with van der Waals surface area (Å²) in [7, 11) is 0. The third-order valence-corrected chi connectivity index (χ3v) is 3.71. The number of halogens is 3. The van der Waals surface area contributed by atoms with Gasteiger partial charge in [0.2, 0.25) is 5.91 Å². The fourth-order valence-corrected chi connectivity index (χ4v) is 2.51. The molecule has 1 saturated heterocycles. The van der Waals surface area contributed by atoms with Crippen molar-refractivity contribution in [2.75, 3.05) is 32.7 Å². The first-order valence-corrected chi connectivity index (χ1v) is 7.04. The summed E-state index contributed by atoms with van der Waals surface area (Å²) < 4.78 is 36.9. The first kappa shape index (κ1) is 17.3. The average molecular weight is 334 g/mol. The molecule has 1 aliphatic heterocycles. The molecule has 1 aromatic heterocycles. The minimum Gasteiger partial charge on any atom is -0.340 e. The first-order valence-electron chi connectivity index (χ1n) is 7.04. The van der Waals surface area contributed by atoms with Gasteiger partial charge in [-0.05, 0) is 6.92 Å². The molecule has 0 radical (unpaired) electrons. The van der Waals surface area contributed by atoms with Crippen LogP contribution in [-0.4, -0.2) is 64.6 Å². The highest BCUT2D eigenvalue weighted by Gasteiger charge is 2.32. The van der Waals surface area contributed by atoms with Crippen molar-refractivity contribution in [3.05, 3.63) is 32.1 Å². The predicted octanol–water partition coefficient (Wildman–Crippen LogP) is -0.379. The third-order valence-electron chi connectivity index (χ3n) is 3.71. The van der Waals surface area contributed by atoms with Crippen molar-refractivity contribution in [3.63, 3.8) is 0 Å². The number of alkyl halides is 3. The van der Waals surface area contributed by atoms with Gasteiger partial charge in [-0.15, -0.1) is 0 Å². The molecule has 1 fully saturated rings. The second-order valence-corrected chi connectivity index (χ2v) is 5.46. The summed E-state index contributed by atoms with van der Waals surface area (Å²) >= 11 is 0. The Balaban J connectivity index is 1.96. The van der Waals surface area contributed by atoms with Gasteiger partial charge in [-0.25, -0.2) is 4.79 Å². The number of aromatic amines is 2. The number of aromatic nitrogens is 2. The monoisotopic (exact) mass is 334 g/mol. The Morgan fingerprint density at radius 3 is 2.26 bits per heavy atom. The molecule has 0 bridgehead atoms. The third kappa shape index (κ3) is 4.68. The smallest absolute Gasteiger partial charge is 0.340 e. The largest absolute Gasteiger partial charge is 0.401 e. The molecule has 2 heterocycles. The lowest BCUT2D eigenvalue weighted by molar-refractivity contribution is -0.151. The van der Waals surface area contributed by atoms with Crippen LogP contribution in [0.4, 0.5) is 13.2 Å². The van der Waals surface area contributed by atoms with Gasteiger partial charge in [0, 0.05) is 37.4 Å². The Morgan fingerprint density at radius 2 is 1.74 bits per heavy atom. The summed E-state index contributed by atoms with van der Waals surface area (Å²) in [5.41, 5.74) is -0.810.